The van der Waals surface area contributed by atoms with Crippen LogP contribution in [0.3, 0.4) is 0 Å². The molecule has 0 fully saturated rings. The molecule has 2 N–H and O–H groups in total. The molecule has 0 aliphatic heterocycles. The number of rotatable bonds is 3. The Morgan fingerprint density at radius 1 is 0.923 bits per heavy atom. The number of benzene rings is 1. The van der Waals surface area contributed by atoms with Crippen LogP contribution in [0.1, 0.15) is 9.75 Å². The van der Waals surface area contributed by atoms with Crippen molar-refractivity contribution in [3.8, 4) is 39.7 Å². The molecule has 0 saturated heterocycles. The molecule has 0 saturated carbocycles. The molecule has 0 unspecified atom stereocenters. The standard InChI is InChI=1S/C19H14Cl2N2OS2/c1-9-12(7-15(20)25-9)17-18(13-8-16(21)26-10(13)2)23-19(22-17)11-5-3-4-6-14(11)24/h3-8,24H,1-2H3,(H,22,23). The number of aryl methyl sites for hydroxylation is 2. The molecule has 3 aromatic heterocycles. The van der Waals surface area contributed by atoms with Crippen molar-refractivity contribution in [2.45, 2.75) is 13.8 Å². The molecular formula is C19H14Cl2N2OS2. The Hall–Kier alpha value is -1.79. The van der Waals surface area contributed by atoms with Crippen LogP contribution in [0.4, 0.5) is 0 Å². The van der Waals surface area contributed by atoms with Crippen LogP contribution in [0.2, 0.25) is 8.67 Å². The average Bonchev–Trinajstić information content (AvgIpc) is 3.24. The van der Waals surface area contributed by atoms with Crippen LogP contribution in [-0.2, 0) is 0 Å². The molecule has 1 aromatic carbocycles. The Labute approximate surface area is 168 Å². The number of nitrogens with one attached hydrogen (secondary N) is 1. The van der Waals surface area contributed by atoms with Gasteiger partial charge in [-0.15, -0.1) is 22.7 Å². The molecule has 0 bridgehead atoms. The second-order valence-corrected chi connectivity index (χ2v) is 9.64. The van der Waals surface area contributed by atoms with Crippen LogP contribution in [0.25, 0.3) is 33.9 Å². The van der Waals surface area contributed by atoms with E-state index >= 15 is 0 Å². The van der Waals surface area contributed by atoms with Gasteiger partial charge in [-0.1, -0.05) is 35.3 Å². The van der Waals surface area contributed by atoms with E-state index in [1.165, 1.54) is 22.7 Å². The van der Waals surface area contributed by atoms with Crippen molar-refractivity contribution in [2.75, 3.05) is 0 Å². The molecule has 0 aliphatic carbocycles. The zero-order valence-electron chi connectivity index (χ0n) is 13.9. The Bertz CT molecular complexity index is 1050. The van der Waals surface area contributed by atoms with Crippen LogP contribution < -0.4 is 0 Å². The van der Waals surface area contributed by atoms with E-state index in [2.05, 4.69) is 4.98 Å². The van der Waals surface area contributed by atoms with Gasteiger partial charge in [-0.3, -0.25) is 0 Å². The maximum absolute atomic E-state index is 10.2. The number of nitrogens with zero attached hydrogens (tertiary/aromatic N) is 1. The summed E-state index contributed by atoms with van der Waals surface area (Å²) in [6, 6.07) is 11.0. The normalized spacial score (nSPS) is 11.2. The van der Waals surface area contributed by atoms with Gasteiger partial charge in [0, 0.05) is 20.9 Å². The van der Waals surface area contributed by atoms with Gasteiger partial charge in [-0.2, -0.15) is 0 Å². The lowest BCUT2D eigenvalue weighted by Crippen LogP contribution is -1.83. The van der Waals surface area contributed by atoms with Crippen molar-refractivity contribution in [3.05, 3.63) is 54.8 Å². The molecule has 0 atom stereocenters. The Balaban J connectivity index is 1.98. The highest BCUT2D eigenvalue weighted by Gasteiger charge is 2.21. The van der Waals surface area contributed by atoms with Gasteiger partial charge in [0.15, 0.2) is 0 Å². The van der Waals surface area contributed by atoms with Crippen LogP contribution >= 0.6 is 45.9 Å². The van der Waals surface area contributed by atoms with Gasteiger partial charge < -0.3 is 10.1 Å². The topological polar surface area (TPSA) is 48.9 Å². The Kier molecular flexibility index (Phi) is 4.57. The van der Waals surface area contributed by atoms with Gasteiger partial charge in [0.25, 0.3) is 0 Å². The van der Waals surface area contributed by atoms with Gasteiger partial charge in [0.1, 0.15) is 11.6 Å². The van der Waals surface area contributed by atoms with Gasteiger partial charge in [0.2, 0.25) is 0 Å². The molecule has 26 heavy (non-hydrogen) atoms. The van der Waals surface area contributed by atoms with E-state index in [0.717, 1.165) is 40.9 Å². The second kappa shape index (κ2) is 6.74. The van der Waals surface area contributed by atoms with E-state index < -0.39 is 0 Å². The van der Waals surface area contributed by atoms with Gasteiger partial charge >= 0.3 is 0 Å². The second-order valence-electron chi connectivity index (χ2n) is 5.87. The van der Waals surface area contributed by atoms with Crippen molar-refractivity contribution in [1.29, 1.82) is 0 Å². The highest BCUT2D eigenvalue weighted by atomic mass is 35.5. The summed E-state index contributed by atoms with van der Waals surface area (Å²) in [6.45, 7) is 4.06. The van der Waals surface area contributed by atoms with E-state index in [4.69, 9.17) is 28.2 Å². The van der Waals surface area contributed by atoms with Crippen molar-refractivity contribution >= 4 is 45.9 Å². The number of para-hydroxylation sites is 1. The number of thiophene rings is 2. The molecule has 4 aromatic rings. The molecule has 4 rings (SSSR count). The number of aromatic hydroxyl groups is 1. The van der Waals surface area contributed by atoms with Crippen LogP contribution in [0.5, 0.6) is 5.75 Å². The predicted molar refractivity (Wildman–Crippen MR) is 112 cm³/mol. The fourth-order valence-corrected chi connectivity index (χ4v) is 5.33. The van der Waals surface area contributed by atoms with Crippen LogP contribution in [0.15, 0.2) is 36.4 Å². The first-order valence-electron chi connectivity index (χ1n) is 7.85. The smallest absolute Gasteiger partial charge is 0.142 e. The minimum atomic E-state index is 0.180. The molecule has 0 amide bonds. The van der Waals surface area contributed by atoms with E-state index in [9.17, 15) is 5.11 Å². The number of phenols is 1. The molecule has 3 nitrogen and oxygen atoms in total. The SMILES string of the molecule is Cc1sc(Cl)cc1-c1nc(-c2ccccc2O)[nH]c1-c1cc(Cl)sc1C. The lowest BCUT2D eigenvalue weighted by Gasteiger charge is -2.01. The third kappa shape index (κ3) is 3.05. The minimum absolute atomic E-state index is 0.180. The van der Waals surface area contributed by atoms with Crippen molar-refractivity contribution in [2.24, 2.45) is 0 Å². The van der Waals surface area contributed by atoms with Crippen molar-refractivity contribution in [3.63, 3.8) is 0 Å². The van der Waals surface area contributed by atoms with Gasteiger partial charge in [0.05, 0.1) is 25.6 Å². The summed E-state index contributed by atoms with van der Waals surface area (Å²) in [6.07, 6.45) is 0. The lowest BCUT2D eigenvalue weighted by atomic mass is 10.1. The largest absolute Gasteiger partial charge is 0.507 e. The fraction of sp³-hybridized carbons (Fsp3) is 0.105. The summed E-state index contributed by atoms with van der Waals surface area (Å²) in [5, 5.41) is 10.2. The molecule has 0 radical (unpaired) electrons. The predicted octanol–water partition coefficient (Wildman–Crippen LogP) is 7.16. The molecule has 3 heterocycles. The number of halogens is 2. The summed E-state index contributed by atoms with van der Waals surface area (Å²) in [7, 11) is 0. The lowest BCUT2D eigenvalue weighted by molar-refractivity contribution is 0.477. The van der Waals surface area contributed by atoms with E-state index in [1.807, 2.05) is 38.1 Å². The molecule has 0 aliphatic rings. The van der Waals surface area contributed by atoms with Gasteiger partial charge in [-0.25, -0.2) is 4.98 Å². The average molecular weight is 421 g/mol. The zero-order chi connectivity index (χ0) is 18.4. The summed E-state index contributed by atoms with van der Waals surface area (Å²) < 4.78 is 1.44. The third-order valence-electron chi connectivity index (χ3n) is 4.16. The highest BCUT2D eigenvalue weighted by Crippen LogP contribution is 2.43. The molecular weight excluding hydrogens is 407 g/mol. The number of H-pyrrole nitrogens is 1. The monoisotopic (exact) mass is 420 g/mol. The first kappa shape index (κ1) is 17.6. The highest BCUT2D eigenvalue weighted by molar-refractivity contribution is 7.17. The molecule has 132 valence electrons. The number of hydrogen-bond acceptors (Lipinski definition) is 4. The minimum Gasteiger partial charge on any atom is -0.507 e. The fourth-order valence-electron chi connectivity index (χ4n) is 2.94. The number of imidazole rings is 1. The molecule has 0 spiro atoms. The van der Waals surface area contributed by atoms with E-state index in [0.29, 0.717) is 11.4 Å². The van der Waals surface area contributed by atoms with Crippen LogP contribution in [0, 0.1) is 13.8 Å². The zero-order valence-corrected chi connectivity index (χ0v) is 17.1. The van der Waals surface area contributed by atoms with Crippen molar-refractivity contribution < 1.29 is 5.11 Å². The maximum atomic E-state index is 10.2. The third-order valence-corrected chi connectivity index (χ3v) is 6.52. The summed E-state index contributed by atoms with van der Waals surface area (Å²) in [5.41, 5.74) is 4.32. The van der Waals surface area contributed by atoms with E-state index in [1.54, 1.807) is 12.1 Å². The first-order valence-corrected chi connectivity index (χ1v) is 10.2. The quantitative estimate of drug-likeness (QED) is 0.369. The first-order chi connectivity index (χ1) is 12.4. The summed E-state index contributed by atoms with van der Waals surface area (Å²) in [4.78, 5) is 10.4. The summed E-state index contributed by atoms with van der Waals surface area (Å²) in [5.74, 6) is 0.788. The Morgan fingerprint density at radius 3 is 2.12 bits per heavy atom. The Morgan fingerprint density at radius 2 is 1.54 bits per heavy atom. The van der Waals surface area contributed by atoms with Crippen LogP contribution in [-0.4, -0.2) is 15.1 Å². The van der Waals surface area contributed by atoms with Crippen molar-refractivity contribution in [1.82, 2.24) is 9.97 Å². The maximum Gasteiger partial charge on any atom is 0.142 e. The number of phenolic OH excluding ortho intramolecular Hbond substituents is 1. The molecule has 7 heteroatoms. The number of aromatic amines is 1. The number of aromatic nitrogens is 2. The van der Waals surface area contributed by atoms with E-state index in [-0.39, 0.29) is 5.75 Å². The summed E-state index contributed by atoms with van der Waals surface area (Å²) >= 11 is 15.5. The number of hydrogen-bond donors (Lipinski definition) is 2. The van der Waals surface area contributed by atoms with Gasteiger partial charge in [-0.05, 0) is 38.1 Å².